The highest BCUT2D eigenvalue weighted by molar-refractivity contribution is 7.20. The summed E-state index contributed by atoms with van der Waals surface area (Å²) in [6.45, 7) is 3.11. The molecule has 0 spiro atoms. The zero-order valence-electron chi connectivity index (χ0n) is 11.5. The lowest BCUT2D eigenvalue weighted by molar-refractivity contribution is 0.603. The van der Waals surface area contributed by atoms with Crippen molar-refractivity contribution in [2.45, 2.75) is 19.4 Å². The molecule has 1 unspecified atom stereocenters. The maximum absolute atomic E-state index is 6.39. The second-order valence-corrected chi connectivity index (χ2v) is 8.05. The molecule has 2 heterocycles. The summed E-state index contributed by atoms with van der Waals surface area (Å²) >= 11 is 15.7. The van der Waals surface area contributed by atoms with E-state index in [9.17, 15) is 0 Å². The molecule has 0 aliphatic heterocycles. The third kappa shape index (κ3) is 3.13. The van der Waals surface area contributed by atoms with Gasteiger partial charge in [-0.25, -0.2) is 0 Å². The zero-order valence-corrected chi connectivity index (χ0v) is 14.7. The molecule has 1 aromatic carbocycles. The lowest BCUT2D eigenvalue weighted by Gasteiger charge is -2.19. The summed E-state index contributed by atoms with van der Waals surface area (Å²) in [6, 6.07) is 10.6. The molecule has 0 radical (unpaired) electrons. The van der Waals surface area contributed by atoms with E-state index < -0.39 is 0 Å². The minimum atomic E-state index is 0.0866. The summed E-state index contributed by atoms with van der Waals surface area (Å²) in [6.07, 6.45) is 1.08. The van der Waals surface area contributed by atoms with Crippen molar-refractivity contribution >= 4 is 56.0 Å². The summed E-state index contributed by atoms with van der Waals surface area (Å²) in [5, 5.41) is 7.02. The number of fused-ring (bicyclic) bond motifs is 1. The summed E-state index contributed by atoms with van der Waals surface area (Å²) in [7, 11) is 0. The number of hydrogen-bond acceptors (Lipinski definition) is 3. The van der Waals surface area contributed by atoms with Gasteiger partial charge in [0, 0.05) is 10.3 Å². The van der Waals surface area contributed by atoms with E-state index in [1.54, 1.807) is 11.3 Å². The van der Waals surface area contributed by atoms with Crippen LogP contribution in [0.2, 0.25) is 8.67 Å². The molecule has 110 valence electrons. The van der Waals surface area contributed by atoms with Crippen LogP contribution in [0.4, 0.5) is 0 Å². The Morgan fingerprint density at radius 2 is 2.05 bits per heavy atom. The van der Waals surface area contributed by atoms with Gasteiger partial charge in [-0.1, -0.05) is 48.3 Å². The van der Waals surface area contributed by atoms with Gasteiger partial charge in [0.1, 0.15) is 0 Å². The minimum absolute atomic E-state index is 0.0866. The van der Waals surface area contributed by atoms with Crippen LogP contribution in [0.25, 0.3) is 10.1 Å². The first-order chi connectivity index (χ1) is 10.2. The molecule has 0 amide bonds. The van der Waals surface area contributed by atoms with Gasteiger partial charge in [-0.05, 0) is 41.4 Å². The zero-order chi connectivity index (χ0) is 14.8. The van der Waals surface area contributed by atoms with Crippen LogP contribution in [-0.2, 0) is 0 Å². The normalized spacial score (nSPS) is 12.9. The first-order valence-electron chi connectivity index (χ1n) is 6.85. The summed E-state index contributed by atoms with van der Waals surface area (Å²) in [5.74, 6) is 0. The van der Waals surface area contributed by atoms with E-state index in [4.69, 9.17) is 23.2 Å². The fraction of sp³-hybridized carbons (Fsp3) is 0.250. The third-order valence-electron chi connectivity index (χ3n) is 3.41. The molecular weight excluding hydrogens is 341 g/mol. The Morgan fingerprint density at radius 3 is 2.76 bits per heavy atom. The Morgan fingerprint density at radius 1 is 1.19 bits per heavy atom. The molecule has 2 aromatic heterocycles. The number of rotatable bonds is 5. The van der Waals surface area contributed by atoms with E-state index >= 15 is 0 Å². The van der Waals surface area contributed by atoms with E-state index in [1.165, 1.54) is 27.0 Å². The average molecular weight is 356 g/mol. The van der Waals surface area contributed by atoms with Crippen molar-refractivity contribution < 1.29 is 0 Å². The SMILES string of the molecule is CCCNC(c1cc(Cl)sc1Cl)c1cccc2ccsc12. The Kier molecular flexibility index (Phi) is 4.87. The minimum Gasteiger partial charge on any atom is -0.306 e. The van der Waals surface area contributed by atoms with Gasteiger partial charge >= 0.3 is 0 Å². The van der Waals surface area contributed by atoms with Gasteiger partial charge in [0.15, 0.2) is 0 Å². The van der Waals surface area contributed by atoms with Gasteiger partial charge in [-0.15, -0.1) is 22.7 Å². The Hall–Kier alpha value is -0.580. The Bertz CT molecular complexity index is 748. The molecule has 1 nitrogen and oxygen atoms in total. The molecule has 3 rings (SSSR count). The van der Waals surface area contributed by atoms with Crippen LogP contribution in [-0.4, -0.2) is 6.54 Å². The number of benzene rings is 1. The molecular formula is C16H15Cl2NS2. The molecule has 3 aromatic rings. The van der Waals surface area contributed by atoms with Crippen molar-refractivity contribution in [1.29, 1.82) is 0 Å². The van der Waals surface area contributed by atoms with Crippen molar-refractivity contribution in [3.8, 4) is 0 Å². The number of nitrogens with one attached hydrogen (secondary N) is 1. The van der Waals surface area contributed by atoms with Gasteiger partial charge in [0.2, 0.25) is 0 Å². The van der Waals surface area contributed by atoms with Crippen LogP contribution in [0.15, 0.2) is 35.7 Å². The van der Waals surface area contributed by atoms with Gasteiger partial charge in [0.25, 0.3) is 0 Å². The van der Waals surface area contributed by atoms with Crippen molar-refractivity contribution in [1.82, 2.24) is 5.32 Å². The largest absolute Gasteiger partial charge is 0.306 e. The maximum atomic E-state index is 6.39. The topological polar surface area (TPSA) is 12.0 Å². The maximum Gasteiger partial charge on any atom is 0.0995 e. The Labute approximate surface area is 142 Å². The van der Waals surface area contributed by atoms with Crippen LogP contribution >= 0.6 is 45.9 Å². The predicted molar refractivity (Wildman–Crippen MR) is 96.3 cm³/mol. The number of halogens is 2. The second kappa shape index (κ2) is 6.67. The van der Waals surface area contributed by atoms with Crippen LogP contribution in [0.5, 0.6) is 0 Å². The number of thiophene rings is 2. The molecule has 0 saturated heterocycles. The highest BCUT2D eigenvalue weighted by atomic mass is 35.5. The first kappa shape index (κ1) is 15.3. The van der Waals surface area contributed by atoms with Crippen LogP contribution < -0.4 is 5.32 Å². The molecule has 21 heavy (non-hydrogen) atoms. The van der Waals surface area contributed by atoms with Crippen LogP contribution in [0, 0.1) is 0 Å². The van der Waals surface area contributed by atoms with Crippen molar-refractivity contribution in [3.05, 3.63) is 55.5 Å². The second-order valence-electron chi connectivity index (χ2n) is 4.85. The summed E-state index contributed by atoms with van der Waals surface area (Å²) in [5.41, 5.74) is 2.34. The first-order valence-corrected chi connectivity index (χ1v) is 9.30. The van der Waals surface area contributed by atoms with Crippen molar-refractivity contribution in [2.75, 3.05) is 6.54 Å². The highest BCUT2D eigenvalue weighted by Crippen LogP contribution is 2.40. The smallest absolute Gasteiger partial charge is 0.0995 e. The van der Waals surface area contributed by atoms with E-state index in [0.717, 1.165) is 27.2 Å². The molecule has 0 fully saturated rings. The van der Waals surface area contributed by atoms with Crippen LogP contribution in [0.3, 0.4) is 0 Å². The van der Waals surface area contributed by atoms with E-state index in [-0.39, 0.29) is 6.04 Å². The summed E-state index contributed by atoms with van der Waals surface area (Å²) in [4.78, 5) is 0. The number of hydrogen-bond donors (Lipinski definition) is 1. The van der Waals surface area contributed by atoms with Gasteiger partial charge in [0.05, 0.1) is 14.7 Å². The molecule has 0 aliphatic rings. The van der Waals surface area contributed by atoms with Crippen LogP contribution in [0.1, 0.15) is 30.5 Å². The van der Waals surface area contributed by atoms with Crippen molar-refractivity contribution in [2.24, 2.45) is 0 Å². The average Bonchev–Trinajstić information content (AvgIpc) is 3.06. The van der Waals surface area contributed by atoms with Gasteiger partial charge in [-0.3, -0.25) is 0 Å². The third-order valence-corrected chi connectivity index (χ3v) is 5.91. The molecule has 5 heteroatoms. The quantitative estimate of drug-likeness (QED) is 0.561. The Balaban J connectivity index is 2.11. The summed E-state index contributed by atoms with van der Waals surface area (Å²) < 4.78 is 2.81. The van der Waals surface area contributed by atoms with Gasteiger partial charge in [-0.2, -0.15) is 0 Å². The van der Waals surface area contributed by atoms with E-state index in [2.05, 4.69) is 41.9 Å². The van der Waals surface area contributed by atoms with E-state index in [1.807, 2.05) is 6.07 Å². The van der Waals surface area contributed by atoms with Gasteiger partial charge < -0.3 is 5.32 Å². The molecule has 0 aliphatic carbocycles. The fourth-order valence-electron chi connectivity index (χ4n) is 2.47. The fourth-order valence-corrected chi connectivity index (χ4v) is 4.95. The molecule has 1 atom stereocenters. The monoisotopic (exact) mass is 355 g/mol. The van der Waals surface area contributed by atoms with E-state index in [0.29, 0.717) is 0 Å². The lowest BCUT2D eigenvalue weighted by Crippen LogP contribution is -2.23. The highest BCUT2D eigenvalue weighted by Gasteiger charge is 2.21. The van der Waals surface area contributed by atoms with Crippen molar-refractivity contribution in [3.63, 3.8) is 0 Å². The molecule has 1 N–H and O–H groups in total. The molecule has 0 bridgehead atoms. The predicted octanol–water partition coefficient (Wildman–Crippen LogP) is 6.36. The standard InChI is InChI=1S/C16H15Cl2NS2/c1-2-7-19-14(12-9-13(17)21-16(12)18)11-5-3-4-10-6-8-20-15(10)11/h3-6,8-9,14,19H,2,7H2,1H3. The lowest BCUT2D eigenvalue weighted by atomic mass is 10.00. The molecule has 0 saturated carbocycles.